The number of anilines is 1. The number of amidine groups is 1. The van der Waals surface area contributed by atoms with Gasteiger partial charge in [-0.05, 0) is 32.0 Å². The van der Waals surface area contributed by atoms with Gasteiger partial charge in [-0.15, -0.1) is 0 Å². The molecule has 20 heavy (non-hydrogen) atoms. The third-order valence-corrected chi connectivity index (χ3v) is 4.52. The zero-order chi connectivity index (χ0) is 15.5. The van der Waals surface area contributed by atoms with Crippen molar-refractivity contribution in [3.63, 3.8) is 0 Å². The van der Waals surface area contributed by atoms with Crippen molar-refractivity contribution in [2.24, 2.45) is 5.73 Å². The van der Waals surface area contributed by atoms with Crippen molar-refractivity contribution < 1.29 is 13.2 Å². The highest BCUT2D eigenvalue weighted by molar-refractivity contribution is 7.90. The van der Waals surface area contributed by atoms with Gasteiger partial charge in [0.05, 0.1) is 12.8 Å². The first-order chi connectivity index (χ1) is 9.19. The highest BCUT2D eigenvalue weighted by Gasteiger charge is 2.21. The van der Waals surface area contributed by atoms with E-state index in [1.54, 1.807) is 19.9 Å². The molecule has 0 unspecified atom stereocenters. The number of hydrogen-bond acceptors (Lipinski definition) is 4. The number of nitrogens with two attached hydrogens (primary N) is 1. The van der Waals surface area contributed by atoms with E-state index in [9.17, 15) is 8.42 Å². The zero-order valence-corrected chi connectivity index (χ0v) is 12.8. The van der Waals surface area contributed by atoms with E-state index in [0.29, 0.717) is 17.0 Å². The third-order valence-electron chi connectivity index (χ3n) is 2.86. The molecule has 0 heterocycles. The summed E-state index contributed by atoms with van der Waals surface area (Å²) >= 11 is 0. The van der Waals surface area contributed by atoms with Crippen molar-refractivity contribution in [3.05, 3.63) is 23.8 Å². The lowest BCUT2D eigenvalue weighted by molar-refractivity contribution is 0.410. The van der Waals surface area contributed by atoms with Crippen LogP contribution >= 0.6 is 0 Å². The normalized spacial score (nSPS) is 11.7. The van der Waals surface area contributed by atoms with Crippen LogP contribution in [0.5, 0.6) is 5.75 Å². The lowest BCUT2D eigenvalue weighted by Gasteiger charge is -2.22. The summed E-state index contributed by atoms with van der Waals surface area (Å²) in [6.07, 6.45) is 0. The summed E-state index contributed by atoms with van der Waals surface area (Å²) < 4.78 is 33.0. The van der Waals surface area contributed by atoms with Gasteiger partial charge < -0.3 is 10.5 Å². The van der Waals surface area contributed by atoms with Crippen LogP contribution < -0.4 is 15.2 Å². The minimum Gasteiger partial charge on any atom is -0.495 e. The zero-order valence-electron chi connectivity index (χ0n) is 12.0. The Balaban J connectivity index is 3.13. The lowest BCUT2D eigenvalue weighted by atomic mass is 10.2. The maximum Gasteiger partial charge on any atom is 0.301 e. The molecule has 1 aromatic carbocycles. The van der Waals surface area contributed by atoms with Gasteiger partial charge in [-0.3, -0.25) is 10.1 Å². The summed E-state index contributed by atoms with van der Waals surface area (Å²) in [5, 5.41) is 7.36. The Morgan fingerprint density at radius 3 is 2.50 bits per heavy atom. The van der Waals surface area contributed by atoms with E-state index < -0.39 is 10.2 Å². The van der Waals surface area contributed by atoms with Crippen molar-refractivity contribution in [3.8, 4) is 5.75 Å². The first kappa shape index (κ1) is 16.3. The van der Waals surface area contributed by atoms with Crippen molar-refractivity contribution >= 4 is 21.7 Å². The second-order valence-corrected chi connectivity index (χ2v) is 6.28. The molecule has 0 spiro atoms. The summed E-state index contributed by atoms with van der Waals surface area (Å²) in [4.78, 5) is 0. The number of benzene rings is 1. The van der Waals surface area contributed by atoms with Crippen LogP contribution in [0.4, 0.5) is 5.69 Å². The van der Waals surface area contributed by atoms with Crippen molar-refractivity contribution in [1.29, 1.82) is 5.41 Å². The number of nitrogens with zero attached hydrogens (tertiary/aromatic N) is 1. The van der Waals surface area contributed by atoms with E-state index in [2.05, 4.69) is 4.72 Å². The van der Waals surface area contributed by atoms with Crippen molar-refractivity contribution in [2.45, 2.75) is 19.9 Å². The first-order valence-electron chi connectivity index (χ1n) is 5.97. The molecule has 0 fully saturated rings. The van der Waals surface area contributed by atoms with Gasteiger partial charge in [0.25, 0.3) is 0 Å². The standard InChI is InChI=1S/C12H20N4O3S/c1-8(2)16(3)20(17,18)15-10-6-5-9(12(13)14)7-11(10)19-4/h5-8,15H,1-4H3,(H3,13,14). The highest BCUT2D eigenvalue weighted by Crippen LogP contribution is 2.27. The molecule has 0 bridgehead atoms. The van der Waals surface area contributed by atoms with Crippen molar-refractivity contribution in [1.82, 2.24) is 4.31 Å². The maximum absolute atomic E-state index is 12.1. The smallest absolute Gasteiger partial charge is 0.301 e. The van der Waals surface area contributed by atoms with Gasteiger partial charge in [0.15, 0.2) is 0 Å². The quantitative estimate of drug-likeness (QED) is 0.537. The fraction of sp³-hybridized carbons (Fsp3) is 0.417. The van der Waals surface area contributed by atoms with Gasteiger partial charge in [-0.1, -0.05) is 0 Å². The van der Waals surface area contributed by atoms with Crippen LogP contribution in [0.3, 0.4) is 0 Å². The van der Waals surface area contributed by atoms with Gasteiger partial charge in [-0.2, -0.15) is 12.7 Å². The summed E-state index contributed by atoms with van der Waals surface area (Å²) in [7, 11) is -0.751. The predicted octanol–water partition coefficient (Wildman–Crippen LogP) is 0.976. The highest BCUT2D eigenvalue weighted by atomic mass is 32.2. The molecule has 0 atom stereocenters. The van der Waals surface area contributed by atoms with Crippen LogP contribution in [0, 0.1) is 5.41 Å². The molecule has 1 rings (SSSR count). The van der Waals surface area contributed by atoms with E-state index in [4.69, 9.17) is 15.9 Å². The third kappa shape index (κ3) is 3.61. The SMILES string of the molecule is COc1cc(C(=N)N)ccc1NS(=O)(=O)N(C)C(C)C. The average molecular weight is 300 g/mol. The number of ether oxygens (including phenoxy) is 1. The molecule has 7 nitrogen and oxygen atoms in total. The summed E-state index contributed by atoms with van der Waals surface area (Å²) in [5.41, 5.74) is 6.14. The molecule has 4 N–H and O–H groups in total. The summed E-state index contributed by atoms with van der Waals surface area (Å²) in [5.74, 6) is 0.190. The van der Waals surface area contributed by atoms with Crippen LogP contribution in [0.1, 0.15) is 19.4 Å². The Labute approximate surface area is 119 Å². The maximum atomic E-state index is 12.1. The second-order valence-electron chi connectivity index (χ2n) is 4.55. The Kier molecular flexibility index (Phi) is 4.96. The molecule has 0 radical (unpaired) electrons. The molecule has 0 amide bonds. The number of nitrogens with one attached hydrogen (secondary N) is 2. The fourth-order valence-corrected chi connectivity index (χ4v) is 2.58. The molecule has 0 aliphatic rings. The summed E-state index contributed by atoms with van der Waals surface area (Å²) in [6.45, 7) is 3.55. The largest absolute Gasteiger partial charge is 0.495 e. The van der Waals surface area contributed by atoms with Gasteiger partial charge in [0.2, 0.25) is 0 Å². The Hall–Kier alpha value is -1.80. The van der Waals surface area contributed by atoms with Crippen LogP contribution in [-0.2, 0) is 10.2 Å². The van der Waals surface area contributed by atoms with Gasteiger partial charge >= 0.3 is 10.2 Å². The molecule has 112 valence electrons. The van der Waals surface area contributed by atoms with E-state index in [0.717, 1.165) is 0 Å². The first-order valence-corrected chi connectivity index (χ1v) is 7.41. The van der Waals surface area contributed by atoms with E-state index >= 15 is 0 Å². The Morgan fingerprint density at radius 1 is 1.45 bits per heavy atom. The van der Waals surface area contributed by atoms with E-state index in [-0.39, 0.29) is 11.9 Å². The molecular weight excluding hydrogens is 280 g/mol. The van der Waals surface area contributed by atoms with Crippen LogP contribution in [-0.4, -0.2) is 38.8 Å². The topological polar surface area (TPSA) is 109 Å². The Morgan fingerprint density at radius 2 is 2.05 bits per heavy atom. The van der Waals surface area contributed by atoms with Gasteiger partial charge in [0, 0.05) is 18.7 Å². The molecular formula is C12H20N4O3S. The predicted molar refractivity (Wildman–Crippen MR) is 79.5 cm³/mol. The molecule has 0 saturated heterocycles. The van der Waals surface area contributed by atoms with Crippen LogP contribution in [0.15, 0.2) is 18.2 Å². The Bertz CT molecular complexity index is 599. The van der Waals surface area contributed by atoms with Crippen LogP contribution in [0.2, 0.25) is 0 Å². The monoisotopic (exact) mass is 300 g/mol. The number of methoxy groups -OCH3 is 1. The molecule has 0 aromatic heterocycles. The van der Waals surface area contributed by atoms with Gasteiger partial charge in [0.1, 0.15) is 11.6 Å². The minimum absolute atomic E-state index is 0.114. The lowest BCUT2D eigenvalue weighted by Crippen LogP contribution is -2.37. The number of rotatable bonds is 6. The fourth-order valence-electron chi connectivity index (χ4n) is 1.43. The molecule has 1 aromatic rings. The molecule has 8 heteroatoms. The molecule has 0 aliphatic heterocycles. The number of nitrogen functional groups attached to an aromatic ring is 1. The molecule has 0 aliphatic carbocycles. The average Bonchev–Trinajstić information content (AvgIpc) is 2.37. The second kappa shape index (κ2) is 6.10. The van der Waals surface area contributed by atoms with E-state index in [1.807, 2.05) is 0 Å². The van der Waals surface area contributed by atoms with Crippen LogP contribution in [0.25, 0.3) is 0 Å². The summed E-state index contributed by atoms with van der Waals surface area (Å²) in [6, 6.07) is 4.41. The minimum atomic E-state index is -3.66. The number of hydrogen-bond donors (Lipinski definition) is 3. The van der Waals surface area contributed by atoms with E-state index in [1.165, 1.54) is 30.6 Å². The molecule has 0 saturated carbocycles. The van der Waals surface area contributed by atoms with Crippen molar-refractivity contribution in [2.75, 3.05) is 18.9 Å². The van der Waals surface area contributed by atoms with Gasteiger partial charge in [-0.25, -0.2) is 0 Å².